The number of hydrogen-bond acceptors (Lipinski definition) is 5. The van der Waals surface area contributed by atoms with Crippen LogP contribution in [0.3, 0.4) is 0 Å². The number of ether oxygens (including phenoxy) is 3. The van der Waals surface area contributed by atoms with Crippen LogP contribution in [0.4, 0.5) is 0 Å². The third-order valence-electron chi connectivity index (χ3n) is 6.12. The summed E-state index contributed by atoms with van der Waals surface area (Å²) in [5.74, 6) is 2.73. The van der Waals surface area contributed by atoms with Gasteiger partial charge in [0.2, 0.25) is 0 Å². The van der Waals surface area contributed by atoms with Crippen molar-refractivity contribution >= 4 is 0 Å². The molecular weight excluding hydrogens is 318 g/mol. The first-order valence-electron chi connectivity index (χ1n) is 8.77. The van der Waals surface area contributed by atoms with Gasteiger partial charge >= 0.3 is 0 Å². The SMILES string of the molecule is COC1=C(OC)[C@@]2(C)c3c(ccc(OC)c3O)CC(N(C)C)C2CC1. The molecule has 5 nitrogen and oxygen atoms in total. The summed E-state index contributed by atoms with van der Waals surface area (Å²) in [6.45, 7) is 2.17. The minimum atomic E-state index is -0.459. The van der Waals surface area contributed by atoms with E-state index in [4.69, 9.17) is 14.2 Å². The van der Waals surface area contributed by atoms with Crippen LogP contribution in [0.5, 0.6) is 11.5 Å². The normalized spacial score (nSPS) is 28.4. The molecule has 0 saturated carbocycles. The fourth-order valence-electron chi connectivity index (χ4n) is 4.98. The van der Waals surface area contributed by atoms with Gasteiger partial charge in [0.05, 0.1) is 26.7 Å². The third kappa shape index (κ3) is 2.48. The Hall–Kier alpha value is -1.88. The first-order valence-corrected chi connectivity index (χ1v) is 8.77. The number of methoxy groups -OCH3 is 3. The number of aromatic hydroxyl groups is 1. The lowest BCUT2D eigenvalue weighted by molar-refractivity contribution is 0.0562. The van der Waals surface area contributed by atoms with Crippen molar-refractivity contribution in [2.24, 2.45) is 5.92 Å². The molecule has 0 fully saturated rings. The summed E-state index contributed by atoms with van der Waals surface area (Å²) in [6, 6.07) is 4.29. The molecular formula is C20H29NO4. The number of rotatable bonds is 4. The van der Waals surface area contributed by atoms with Crippen molar-refractivity contribution in [1.82, 2.24) is 4.90 Å². The summed E-state index contributed by atoms with van der Waals surface area (Å²) >= 11 is 0. The molecule has 0 bridgehead atoms. The van der Waals surface area contributed by atoms with Crippen LogP contribution in [0.15, 0.2) is 23.7 Å². The van der Waals surface area contributed by atoms with E-state index in [2.05, 4.69) is 32.0 Å². The monoisotopic (exact) mass is 347 g/mol. The van der Waals surface area contributed by atoms with Crippen LogP contribution >= 0.6 is 0 Å². The number of phenolic OH excluding ortho intramolecular Hbond substituents is 1. The first kappa shape index (κ1) is 17.9. The highest BCUT2D eigenvalue weighted by atomic mass is 16.5. The number of fused-ring (bicyclic) bond motifs is 3. The minimum Gasteiger partial charge on any atom is -0.504 e. The summed E-state index contributed by atoms with van der Waals surface area (Å²) in [5.41, 5.74) is 1.60. The zero-order valence-corrected chi connectivity index (χ0v) is 16.0. The van der Waals surface area contributed by atoms with Gasteiger partial charge in [0.1, 0.15) is 11.5 Å². The average molecular weight is 347 g/mol. The second-order valence-electron chi connectivity index (χ2n) is 7.39. The van der Waals surface area contributed by atoms with E-state index in [1.165, 1.54) is 0 Å². The van der Waals surface area contributed by atoms with E-state index in [0.29, 0.717) is 17.7 Å². The molecule has 3 atom stereocenters. The number of allylic oxidation sites excluding steroid dienone is 2. The molecule has 0 spiro atoms. The summed E-state index contributed by atoms with van der Waals surface area (Å²) in [5, 5.41) is 11.0. The third-order valence-corrected chi connectivity index (χ3v) is 6.12. The van der Waals surface area contributed by atoms with Crippen molar-refractivity contribution in [2.45, 2.75) is 37.6 Å². The smallest absolute Gasteiger partial charge is 0.162 e. The van der Waals surface area contributed by atoms with E-state index >= 15 is 0 Å². The van der Waals surface area contributed by atoms with Crippen molar-refractivity contribution < 1.29 is 19.3 Å². The lowest BCUT2D eigenvalue weighted by atomic mass is 9.57. The molecule has 0 aromatic heterocycles. The quantitative estimate of drug-likeness (QED) is 0.907. The molecule has 0 aliphatic heterocycles. The molecule has 0 amide bonds. The van der Waals surface area contributed by atoms with E-state index in [0.717, 1.165) is 41.9 Å². The highest BCUT2D eigenvalue weighted by molar-refractivity contribution is 5.58. The molecule has 0 saturated heterocycles. The van der Waals surface area contributed by atoms with E-state index < -0.39 is 5.41 Å². The molecule has 2 aliphatic carbocycles. The Labute approximate surface area is 150 Å². The Morgan fingerprint density at radius 1 is 1.12 bits per heavy atom. The van der Waals surface area contributed by atoms with Gasteiger partial charge < -0.3 is 24.2 Å². The van der Waals surface area contributed by atoms with Gasteiger partial charge in [-0.2, -0.15) is 0 Å². The van der Waals surface area contributed by atoms with Crippen molar-refractivity contribution in [3.8, 4) is 11.5 Å². The van der Waals surface area contributed by atoms with E-state index in [-0.39, 0.29) is 5.75 Å². The van der Waals surface area contributed by atoms with Crippen molar-refractivity contribution in [1.29, 1.82) is 0 Å². The molecule has 1 aromatic rings. The van der Waals surface area contributed by atoms with E-state index in [9.17, 15) is 5.11 Å². The number of phenols is 1. The fourth-order valence-corrected chi connectivity index (χ4v) is 4.98. The summed E-state index contributed by atoms with van der Waals surface area (Å²) in [6.07, 6.45) is 2.75. The largest absolute Gasteiger partial charge is 0.504 e. The second kappa shape index (κ2) is 6.45. The van der Waals surface area contributed by atoms with Crippen LogP contribution in [-0.2, 0) is 21.3 Å². The van der Waals surface area contributed by atoms with Crippen LogP contribution in [0, 0.1) is 5.92 Å². The number of benzene rings is 1. The zero-order valence-electron chi connectivity index (χ0n) is 16.0. The summed E-state index contributed by atoms with van der Waals surface area (Å²) in [4.78, 5) is 2.29. The van der Waals surface area contributed by atoms with Gasteiger partial charge in [-0.25, -0.2) is 0 Å². The van der Waals surface area contributed by atoms with Gasteiger partial charge in [-0.15, -0.1) is 0 Å². The molecule has 3 rings (SSSR count). The highest BCUT2D eigenvalue weighted by Gasteiger charge is 2.54. The van der Waals surface area contributed by atoms with Crippen molar-refractivity contribution in [3.63, 3.8) is 0 Å². The van der Waals surface area contributed by atoms with Gasteiger partial charge in [0, 0.05) is 18.0 Å². The van der Waals surface area contributed by atoms with Gasteiger partial charge in [-0.3, -0.25) is 0 Å². The lowest BCUT2D eigenvalue weighted by Crippen LogP contribution is -2.53. The second-order valence-corrected chi connectivity index (χ2v) is 7.39. The minimum absolute atomic E-state index is 0.219. The molecule has 138 valence electrons. The van der Waals surface area contributed by atoms with Crippen LogP contribution in [0.25, 0.3) is 0 Å². The highest BCUT2D eigenvalue weighted by Crippen LogP contribution is 2.57. The maximum atomic E-state index is 11.0. The Kier molecular flexibility index (Phi) is 4.62. The van der Waals surface area contributed by atoms with Gasteiger partial charge in [0.25, 0.3) is 0 Å². The predicted molar refractivity (Wildman–Crippen MR) is 97.0 cm³/mol. The van der Waals surface area contributed by atoms with Crippen LogP contribution < -0.4 is 4.74 Å². The molecule has 0 heterocycles. The van der Waals surface area contributed by atoms with Gasteiger partial charge in [-0.1, -0.05) is 6.07 Å². The predicted octanol–water partition coefficient (Wildman–Crippen LogP) is 3.06. The van der Waals surface area contributed by atoms with Crippen LogP contribution in [0.1, 0.15) is 30.9 Å². The Morgan fingerprint density at radius 2 is 1.84 bits per heavy atom. The average Bonchev–Trinajstić information content (AvgIpc) is 2.59. The molecule has 25 heavy (non-hydrogen) atoms. The molecule has 0 radical (unpaired) electrons. The zero-order chi connectivity index (χ0) is 18.4. The van der Waals surface area contributed by atoms with Crippen LogP contribution in [-0.4, -0.2) is 51.5 Å². The number of nitrogens with zero attached hydrogens (tertiary/aromatic N) is 1. The summed E-state index contributed by atoms with van der Waals surface area (Å²) in [7, 11) is 9.22. The lowest BCUT2D eigenvalue weighted by Gasteiger charge is -2.52. The Bertz CT molecular complexity index is 697. The Balaban J connectivity index is 2.32. The van der Waals surface area contributed by atoms with E-state index in [1.807, 2.05) is 6.07 Å². The topological polar surface area (TPSA) is 51.2 Å². The van der Waals surface area contributed by atoms with Gasteiger partial charge in [0.15, 0.2) is 11.5 Å². The van der Waals surface area contributed by atoms with Crippen molar-refractivity contribution in [2.75, 3.05) is 35.4 Å². The molecule has 1 N–H and O–H groups in total. The Morgan fingerprint density at radius 3 is 2.40 bits per heavy atom. The number of hydrogen-bond donors (Lipinski definition) is 1. The molecule has 5 heteroatoms. The molecule has 2 unspecified atom stereocenters. The molecule has 1 aromatic carbocycles. The fraction of sp³-hybridized carbons (Fsp3) is 0.600. The maximum Gasteiger partial charge on any atom is 0.162 e. The maximum absolute atomic E-state index is 11.0. The van der Waals surface area contributed by atoms with E-state index in [1.54, 1.807) is 21.3 Å². The van der Waals surface area contributed by atoms with Gasteiger partial charge in [-0.05, 0) is 51.4 Å². The number of likely N-dealkylation sites (N-methyl/N-ethyl adjacent to an activating group) is 1. The van der Waals surface area contributed by atoms with Crippen molar-refractivity contribution in [3.05, 3.63) is 34.8 Å². The molecule has 2 aliphatic rings. The first-order chi connectivity index (χ1) is 11.9. The van der Waals surface area contributed by atoms with Crippen LogP contribution in [0.2, 0.25) is 0 Å². The standard InChI is InChI=1S/C20H29NO4/c1-20-13(8-10-16(24-5)19(20)25-6)14(21(2)3)11-12-7-9-15(23-4)18(22)17(12)20/h7,9,13-14,22H,8,10-11H2,1-6H3/t13?,14?,20-/m1/s1. The summed E-state index contributed by atoms with van der Waals surface area (Å²) < 4.78 is 16.9.